The van der Waals surface area contributed by atoms with Gasteiger partial charge in [-0.1, -0.05) is 19.8 Å². The smallest absolute Gasteiger partial charge is 0.0136 e. The molecule has 0 aromatic heterocycles. The van der Waals surface area contributed by atoms with Gasteiger partial charge in [-0.05, 0) is 50.6 Å². The third kappa shape index (κ3) is 2.53. The van der Waals surface area contributed by atoms with Gasteiger partial charge >= 0.3 is 0 Å². The standard InChI is InChI=1S/C15H28N2/c1-2-3-7-16-10-13-9-14(12-16)15-6-4-5-8-17(15)11-13/h13-15H,2-12H2,1H3/t13-,14-,15?/m1/s1. The molecule has 3 fully saturated rings. The largest absolute Gasteiger partial charge is 0.303 e. The zero-order valence-corrected chi connectivity index (χ0v) is 11.4. The van der Waals surface area contributed by atoms with Gasteiger partial charge in [-0.25, -0.2) is 0 Å². The van der Waals surface area contributed by atoms with Crippen LogP contribution in [0.1, 0.15) is 45.4 Å². The molecule has 2 heteroatoms. The Morgan fingerprint density at radius 1 is 1.12 bits per heavy atom. The van der Waals surface area contributed by atoms with Gasteiger partial charge in [0, 0.05) is 25.7 Å². The molecule has 1 unspecified atom stereocenters. The zero-order valence-electron chi connectivity index (χ0n) is 11.4. The van der Waals surface area contributed by atoms with Gasteiger partial charge in [0.2, 0.25) is 0 Å². The molecule has 3 aliphatic rings. The molecule has 17 heavy (non-hydrogen) atoms. The van der Waals surface area contributed by atoms with Crippen LogP contribution < -0.4 is 0 Å². The third-order valence-corrected chi connectivity index (χ3v) is 5.17. The highest BCUT2D eigenvalue weighted by Crippen LogP contribution is 2.37. The van der Waals surface area contributed by atoms with Crippen molar-refractivity contribution in [3.05, 3.63) is 0 Å². The van der Waals surface area contributed by atoms with E-state index in [1.54, 1.807) is 0 Å². The van der Waals surface area contributed by atoms with Crippen LogP contribution in [0.15, 0.2) is 0 Å². The van der Waals surface area contributed by atoms with E-state index >= 15 is 0 Å². The van der Waals surface area contributed by atoms with Crippen molar-refractivity contribution in [1.82, 2.24) is 9.80 Å². The van der Waals surface area contributed by atoms with Gasteiger partial charge < -0.3 is 4.90 Å². The molecule has 3 rings (SSSR count). The van der Waals surface area contributed by atoms with Crippen molar-refractivity contribution in [2.24, 2.45) is 11.8 Å². The van der Waals surface area contributed by atoms with Crippen molar-refractivity contribution in [3.63, 3.8) is 0 Å². The van der Waals surface area contributed by atoms with Gasteiger partial charge in [-0.15, -0.1) is 0 Å². The van der Waals surface area contributed by atoms with E-state index in [0.29, 0.717) is 0 Å². The summed E-state index contributed by atoms with van der Waals surface area (Å²) >= 11 is 0. The fourth-order valence-electron chi connectivity index (χ4n) is 4.43. The molecule has 2 bridgehead atoms. The molecule has 3 saturated heterocycles. The Morgan fingerprint density at radius 3 is 2.94 bits per heavy atom. The molecule has 0 aromatic rings. The maximum atomic E-state index is 2.83. The first-order valence-corrected chi connectivity index (χ1v) is 7.83. The number of likely N-dealkylation sites (tertiary alicyclic amines) is 1. The highest BCUT2D eigenvalue weighted by atomic mass is 15.2. The summed E-state index contributed by atoms with van der Waals surface area (Å²) in [7, 11) is 0. The van der Waals surface area contributed by atoms with Crippen LogP contribution >= 0.6 is 0 Å². The average molecular weight is 236 g/mol. The van der Waals surface area contributed by atoms with Crippen LogP contribution in [0.2, 0.25) is 0 Å². The fourth-order valence-corrected chi connectivity index (χ4v) is 4.43. The lowest BCUT2D eigenvalue weighted by Crippen LogP contribution is -2.59. The van der Waals surface area contributed by atoms with Crippen LogP contribution in [0.25, 0.3) is 0 Å². The second-order valence-corrected chi connectivity index (χ2v) is 6.53. The molecular formula is C15H28N2. The van der Waals surface area contributed by atoms with Crippen LogP contribution in [0.5, 0.6) is 0 Å². The third-order valence-electron chi connectivity index (χ3n) is 5.17. The lowest BCUT2D eigenvalue weighted by atomic mass is 9.76. The van der Waals surface area contributed by atoms with Gasteiger partial charge in [-0.2, -0.15) is 0 Å². The van der Waals surface area contributed by atoms with Crippen molar-refractivity contribution in [3.8, 4) is 0 Å². The average Bonchev–Trinajstić information content (AvgIpc) is 2.36. The van der Waals surface area contributed by atoms with Crippen molar-refractivity contribution in [2.75, 3.05) is 32.7 Å². The summed E-state index contributed by atoms with van der Waals surface area (Å²) in [5.41, 5.74) is 0. The molecule has 0 aliphatic carbocycles. The highest BCUT2D eigenvalue weighted by Gasteiger charge is 2.41. The van der Waals surface area contributed by atoms with Gasteiger partial charge in [0.05, 0.1) is 0 Å². The van der Waals surface area contributed by atoms with Gasteiger partial charge in [0.15, 0.2) is 0 Å². The van der Waals surface area contributed by atoms with Gasteiger partial charge in [0.25, 0.3) is 0 Å². The Bertz CT molecular complexity index is 253. The maximum absolute atomic E-state index is 2.83. The Kier molecular flexibility index (Phi) is 3.72. The van der Waals surface area contributed by atoms with Crippen LogP contribution in [0.3, 0.4) is 0 Å². The van der Waals surface area contributed by atoms with Crippen LogP contribution in [-0.2, 0) is 0 Å². The lowest BCUT2D eigenvalue weighted by molar-refractivity contribution is -0.0304. The summed E-state index contributed by atoms with van der Waals surface area (Å²) in [5.74, 6) is 1.99. The highest BCUT2D eigenvalue weighted by molar-refractivity contribution is 4.95. The number of hydrogen-bond donors (Lipinski definition) is 0. The van der Waals surface area contributed by atoms with E-state index in [0.717, 1.165) is 17.9 Å². The molecule has 0 spiro atoms. The normalized spacial score (nSPS) is 39.0. The number of fused-ring (bicyclic) bond motifs is 4. The molecule has 2 nitrogen and oxygen atoms in total. The van der Waals surface area contributed by atoms with Crippen molar-refractivity contribution in [1.29, 1.82) is 0 Å². The second kappa shape index (κ2) is 5.27. The minimum atomic E-state index is 0.949. The summed E-state index contributed by atoms with van der Waals surface area (Å²) in [4.78, 5) is 5.60. The number of hydrogen-bond acceptors (Lipinski definition) is 2. The maximum Gasteiger partial charge on any atom is 0.0136 e. The molecule has 3 atom stereocenters. The molecule has 0 radical (unpaired) electrons. The Labute approximate surface area is 106 Å². The summed E-state index contributed by atoms with van der Waals surface area (Å²) in [6.07, 6.45) is 8.70. The van der Waals surface area contributed by atoms with Crippen LogP contribution in [0, 0.1) is 11.8 Å². The quantitative estimate of drug-likeness (QED) is 0.743. The zero-order chi connectivity index (χ0) is 11.7. The van der Waals surface area contributed by atoms with Crippen LogP contribution in [0.4, 0.5) is 0 Å². The topological polar surface area (TPSA) is 6.48 Å². The molecule has 3 aliphatic heterocycles. The molecule has 0 N–H and O–H groups in total. The van der Waals surface area contributed by atoms with E-state index < -0.39 is 0 Å². The first kappa shape index (κ1) is 12.0. The van der Waals surface area contributed by atoms with E-state index in [1.165, 1.54) is 71.2 Å². The van der Waals surface area contributed by atoms with Crippen molar-refractivity contribution in [2.45, 2.75) is 51.5 Å². The summed E-state index contributed by atoms with van der Waals surface area (Å²) < 4.78 is 0. The predicted molar refractivity (Wildman–Crippen MR) is 72.2 cm³/mol. The first-order valence-electron chi connectivity index (χ1n) is 7.83. The number of piperidine rings is 3. The summed E-state index contributed by atoms with van der Waals surface area (Å²) in [6.45, 7) is 9.26. The molecule has 98 valence electrons. The molecule has 0 saturated carbocycles. The van der Waals surface area contributed by atoms with Crippen molar-refractivity contribution >= 4 is 0 Å². The first-order chi connectivity index (χ1) is 8.36. The van der Waals surface area contributed by atoms with Crippen LogP contribution in [-0.4, -0.2) is 48.6 Å². The van der Waals surface area contributed by atoms with E-state index in [1.807, 2.05) is 0 Å². The minimum absolute atomic E-state index is 0.949. The molecule has 0 aromatic carbocycles. The molecule has 0 amide bonds. The Balaban J connectivity index is 1.62. The number of nitrogens with zero attached hydrogens (tertiary/aromatic N) is 2. The lowest BCUT2D eigenvalue weighted by Gasteiger charge is -2.52. The fraction of sp³-hybridized carbons (Fsp3) is 1.00. The van der Waals surface area contributed by atoms with Crippen molar-refractivity contribution < 1.29 is 0 Å². The summed E-state index contributed by atoms with van der Waals surface area (Å²) in [6, 6.07) is 0.949. The number of unbranched alkanes of at least 4 members (excludes halogenated alkanes) is 1. The molecule has 3 heterocycles. The van der Waals surface area contributed by atoms with Gasteiger partial charge in [-0.3, -0.25) is 4.90 Å². The van der Waals surface area contributed by atoms with E-state index in [-0.39, 0.29) is 0 Å². The minimum Gasteiger partial charge on any atom is -0.303 e. The van der Waals surface area contributed by atoms with E-state index in [9.17, 15) is 0 Å². The van der Waals surface area contributed by atoms with Gasteiger partial charge in [0.1, 0.15) is 0 Å². The summed E-state index contributed by atoms with van der Waals surface area (Å²) in [5, 5.41) is 0. The monoisotopic (exact) mass is 236 g/mol. The SMILES string of the molecule is CCCCN1C[C@H]2C[C@H](C1)C1CCCCN1C2. The Hall–Kier alpha value is -0.0800. The van der Waals surface area contributed by atoms with E-state index in [2.05, 4.69) is 16.7 Å². The molecular weight excluding hydrogens is 208 g/mol. The second-order valence-electron chi connectivity index (χ2n) is 6.53. The Morgan fingerprint density at radius 2 is 2.06 bits per heavy atom. The number of rotatable bonds is 3. The predicted octanol–water partition coefficient (Wildman–Crippen LogP) is 2.59. The van der Waals surface area contributed by atoms with E-state index in [4.69, 9.17) is 0 Å².